The summed E-state index contributed by atoms with van der Waals surface area (Å²) in [7, 11) is 0. The van der Waals surface area contributed by atoms with Crippen LogP contribution in [0.15, 0.2) is 36.5 Å². The summed E-state index contributed by atoms with van der Waals surface area (Å²) < 4.78 is 5.69. The monoisotopic (exact) mass is 300 g/mol. The van der Waals surface area contributed by atoms with E-state index in [4.69, 9.17) is 21.6 Å². The van der Waals surface area contributed by atoms with Crippen molar-refractivity contribution >= 4 is 11.6 Å². The zero-order valence-electron chi connectivity index (χ0n) is 12.4. The smallest absolute Gasteiger partial charge is 0.138 e. The first-order valence-corrected chi connectivity index (χ1v) is 7.06. The van der Waals surface area contributed by atoms with Crippen LogP contribution in [0.1, 0.15) is 37.6 Å². The van der Waals surface area contributed by atoms with Crippen molar-refractivity contribution in [3.63, 3.8) is 0 Å². The number of ether oxygens (including phenoxy) is 1. The van der Waals surface area contributed by atoms with Crippen molar-refractivity contribution in [3.8, 4) is 11.8 Å². The largest absolute Gasteiger partial charge is 0.486 e. The fourth-order valence-electron chi connectivity index (χ4n) is 1.86. The van der Waals surface area contributed by atoms with E-state index < -0.39 is 0 Å². The van der Waals surface area contributed by atoms with E-state index >= 15 is 0 Å². The van der Waals surface area contributed by atoms with Gasteiger partial charge in [0.05, 0.1) is 22.3 Å². The third kappa shape index (κ3) is 3.96. The molecule has 1 heterocycles. The van der Waals surface area contributed by atoms with Crippen molar-refractivity contribution in [2.75, 3.05) is 0 Å². The van der Waals surface area contributed by atoms with Crippen molar-refractivity contribution in [1.82, 2.24) is 4.98 Å². The molecule has 0 saturated carbocycles. The number of hydrogen-bond donors (Lipinski definition) is 0. The Bertz CT molecular complexity index is 684. The minimum atomic E-state index is 0.0465. The second kappa shape index (κ2) is 6.15. The van der Waals surface area contributed by atoms with Crippen LogP contribution in [0.4, 0.5) is 0 Å². The zero-order valence-corrected chi connectivity index (χ0v) is 13.1. The Morgan fingerprint density at radius 2 is 2.00 bits per heavy atom. The number of nitrogens with zero attached hydrogens (tertiary/aromatic N) is 2. The van der Waals surface area contributed by atoms with Gasteiger partial charge in [0.25, 0.3) is 0 Å². The maximum absolute atomic E-state index is 8.86. The normalized spacial score (nSPS) is 11.0. The second-order valence-electron chi connectivity index (χ2n) is 5.83. The zero-order chi connectivity index (χ0) is 15.5. The van der Waals surface area contributed by atoms with Crippen LogP contribution in [0.5, 0.6) is 5.75 Å². The minimum absolute atomic E-state index is 0.0465. The molecule has 0 amide bonds. The molecule has 4 heteroatoms. The number of rotatable bonds is 3. The molecular weight excluding hydrogens is 284 g/mol. The number of aromatic nitrogens is 1. The average molecular weight is 301 g/mol. The maximum atomic E-state index is 8.86. The number of hydrogen-bond acceptors (Lipinski definition) is 3. The standard InChI is InChI=1S/C17H17ClN2O/c1-17(2,3)13-4-5-16(15(18)9-13)21-11-14-8-12(10-19)6-7-20-14/h4-9H,11H2,1-3H3. The molecule has 0 fully saturated rings. The molecule has 0 spiro atoms. The first-order chi connectivity index (χ1) is 9.90. The van der Waals surface area contributed by atoms with Gasteiger partial charge in [0.2, 0.25) is 0 Å². The third-order valence-electron chi connectivity index (χ3n) is 3.12. The van der Waals surface area contributed by atoms with E-state index in [1.165, 1.54) is 0 Å². The first-order valence-electron chi connectivity index (χ1n) is 6.68. The molecule has 1 aromatic carbocycles. The average Bonchev–Trinajstić information content (AvgIpc) is 2.45. The number of nitriles is 1. The van der Waals surface area contributed by atoms with Crippen LogP contribution >= 0.6 is 11.6 Å². The highest BCUT2D eigenvalue weighted by Gasteiger charge is 2.15. The Morgan fingerprint density at radius 1 is 1.24 bits per heavy atom. The van der Waals surface area contributed by atoms with Crippen LogP contribution < -0.4 is 4.74 Å². The Hall–Kier alpha value is -2.05. The molecule has 0 radical (unpaired) electrons. The maximum Gasteiger partial charge on any atom is 0.138 e. The summed E-state index contributed by atoms with van der Waals surface area (Å²) in [4.78, 5) is 4.17. The van der Waals surface area contributed by atoms with Crippen LogP contribution in [-0.4, -0.2) is 4.98 Å². The highest BCUT2D eigenvalue weighted by Crippen LogP contribution is 2.31. The molecule has 0 bridgehead atoms. The molecule has 2 rings (SSSR count). The summed E-state index contributed by atoms with van der Waals surface area (Å²) in [5, 5.41) is 9.44. The summed E-state index contributed by atoms with van der Waals surface area (Å²) in [5.41, 5.74) is 2.47. The summed E-state index contributed by atoms with van der Waals surface area (Å²) in [5.74, 6) is 0.619. The van der Waals surface area contributed by atoms with Crippen molar-refractivity contribution in [1.29, 1.82) is 5.26 Å². The number of halogens is 1. The number of benzene rings is 1. The topological polar surface area (TPSA) is 45.9 Å². The van der Waals surface area contributed by atoms with Crippen molar-refractivity contribution in [2.45, 2.75) is 32.8 Å². The summed E-state index contributed by atoms with van der Waals surface area (Å²) in [6.07, 6.45) is 1.60. The summed E-state index contributed by atoms with van der Waals surface area (Å²) in [6.45, 7) is 6.69. The second-order valence-corrected chi connectivity index (χ2v) is 6.24. The SMILES string of the molecule is CC(C)(C)c1ccc(OCc2cc(C#N)ccn2)c(Cl)c1. The van der Waals surface area contributed by atoms with Crippen molar-refractivity contribution in [3.05, 3.63) is 58.4 Å². The Balaban J connectivity index is 2.12. The van der Waals surface area contributed by atoms with E-state index in [1.807, 2.05) is 18.2 Å². The Kier molecular flexibility index (Phi) is 4.50. The fraction of sp³-hybridized carbons (Fsp3) is 0.294. The van der Waals surface area contributed by atoms with E-state index in [-0.39, 0.29) is 12.0 Å². The van der Waals surface area contributed by atoms with Crippen LogP contribution in [0.3, 0.4) is 0 Å². The van der Waals surface area contributed by atoms with E-state index in [0.29, 0.717) is 22.0 Å². The van der Waals surface area contributed by atoms with Crippen LogP contribution in [0.2, 0.25) is 5.02 Å². The predicted molar refractivity (Wildman–Crippen MR) is 83.4 cm³/mol. The minimum Gasteiger partial charge on any atom is -0.486 e. The van der Waals surface area contributed by atoms with Gasteiger partial charge in [-0.3, -0.25) is 4.98 Å². The van der Waals surface area contributed by atoms with Gasteiger partial charge >= 0.3 is 0 Å². The highest BCUT2D eigenvalue weighted by molar-refractivity contribution is 6.32. The lowest BCUT2D eigenvalue weighted by Crippen LogP contribution is -2.11. The summed E-state index contributed by atoms with van der Waals surface area (Å²) in [6, 6.07) is 11.3. The highest BCUT2D eigenvalue weighted by atomic mass is 35.5. The molecule has 0 atom stereocenters. The van der Waals surface area contributed by atoms with Gasteiger partial charge in [-0.05, 0) is 35.2 Å². The van der Waals surface area contributed by atoms with Gasteiger partial charge in [-0.25, -0.2) is 0 Å². The van der Waals surface area contributed by atoms with Crippen LogP contribution in [0.25, 0.3) is 0 Å². The van der Waals surface area contributed by atoms with Gasteiger partial charge in [0.15, 0.2) is 0 Å². The molecule has 108 valence electrons. The predicted octanol–water partition coefficient (Wildman–Crippen LogP) is 4.48. The van der Waals surface area contributed by atoms with Crippen LogP contribution in [-0.2, 0) is 12.0 Å². The van der Waals surface area contributed by atoms with E-state index in [0.717, 1.165) is 5.56 Å². The van der Waals surface area contributed by atoms with Crippen LogP contribution in [0, 0.1) is 11.3 Å². The molecule has 0 unspecified atom stereocenters. The lowest BCUT2D eigenvalue weighted by Gasteiger charge is -2.20. The molecule has 0 aliphatic rings. The molecule has 21 heavy (non-hydrogen) atoms. The lowest BCUT2D eigenvalue weighted by atomic mass is 9.87. The molecular formula is C17H17ClN2O. The molecule has 2 aromatic rings. The molecule has 0 N–H and O–H groups in total. The van der Waals surface area contributed by atoms with Crippen molar-refractivity contribution < 1.29 is 4.74 Å². The number of pyridine rings is 1. The molecule has 0 saturated heterocycles. The Morgan fingerprint density at radius 3 is 2.62 bits per heavy atom. The van der Waals surface area contributed by atoms with Gasteiger partial charge in [-0.15, -0.1) is 0 Å². The van der Waals surface area contributed by atoms with Gasteiger partial charge in [0.1, 0.15) is 12.4 Å². The molecule has 0 aliphatic heterocycles. The van der Waals surface area contributed by atoms with Gasteiger partial charge in [-0.2, -0.15) is 5.26 Å². The van der Waals surface area contributed by atoms with E-state index in [1.54, 1.807) is 18.3 Å². The third-order valence-corrected chi connectivity index (χ3v) is 3.41. The van der Waals surface area contributed by atoms with E-state index in [9.17, 15) is 0 Å². The fourth-order valence-corrected chi connectivity index (χ4v) is 2.10. The first kappa shape index (κ1) is 15.3. The quantitative estimate of drug-likeness (QED) is 0.839. The molecule has 3 nitrogen and oxygen atoms in total. The Labute approximate surface area is 130 Å². The lowest BCUT2D eigenvalue weighted by molar-refractivity contribution is 0.301. The van der Waals surface area contributed by atoms with E-state index in [2.05, 4.69) is 31.8 Å². The van der Waals surface area contributed by atoms with Gasteiger partial charge in [-0.1, -0.05) is 38.4 Å². The molecule has 1 aromatic heterocycles. The van der Waals surface area contributed by atoms with Crippen molar-refractivity contribution in [2.24, 2.45) is 0 Å². The summed E-state index contributed by atoms with van der Waals surface area (Å²) >= 11 is 6.26. The van der Waals surface area contributed by atoms with Gasteiger partial charge < -0.3 is 4.74 Å². The molecule has 0 aliphatic carbocycles. The van der Waals surface area contributed by atoms with Gasteiger partial charge in [0, 0.05) is 6.20 Å².